The Bertz CT molecular complexity index is 421. The number of benzene rings is 1. The lowest BCUT2D eigenvalue weighted by Crippen LogP contribution is -2.38. The van der Waals surface area contributed by atoms with Gasteiger partial charge in [-0.2, -0.15) is 0 Å². The summed E-state index contributed by atoms with van der Waals surface area (Å²) in [5, 5.41) is 14.1. The third-order valence-corrected chi connectivity index (χ3v) is 2.08. The highest BCUT2D eigenvalue weighted by Gasteiger charge is 2.13. The summed E-state index contributed by atoms with van der Waals surface area (Å²) in [6, 6.07) is 6.46. The van der Waals surface area contributed by atoms with Gasteiger partial charge < -0.3 is 15.7 Å². The van der Waals surface area contributed by atoms with Crippen LogP contribution in [0.2, 0.25) is 5.02 Å². The first kappa shape index (κ1) is 13.5. The summed E-state index contributed by atoms with van der Waals surface area (Å²) in [6.45, 7) is 1.54. The van der Waals surface area contributed by atoms with Crippen LogP contribution < -0.4 is 10.6 Å². The van der Waals surface area contributed by atoms with Gasteiger partial charge in [-0.1, -0.05) is 17.7 Å². The summed E-state index contributed by atoms with van der Waals surface area (Å²) >= 11 is 5.73. The molecule has 3 N–H and O–H groups in total. The normalized spacial score (nSPS) is 11.7. The summed E-state index contributed by atoms with van der Waals surface area (Å²) in [4.78, 5) is 22.7. The second-order valence-electron chi connectivity index (χ2n) is 3.52. The van der Waals surface area contributed by atoms with E-state index in [4.69, 9.17) is 16.7 Å². The molecule has 92 valence electrons. The van der Waals surface area contributed by atoms with Gasteiger partial charge in [0.2, 0.25) is 0 Å². The number of anilines is 1. The van der Waals surface area contributed by atoms with Crippen LogP contribution in [0.15, 0.2) is 24.3 Å². The first-order valence-corrected chi connectivity index (χ1v) is 5.39. The van der Waals surface area contributed by atoms with Crippen LogP contribution >= 0.6 is 11.6 Å². The predicted octanol–water partition coefficient (Wildman–Crippen LogP) is 0.775. The van der Waals surface area contributed by atoms with Crippen molar-refractivity contribution in [3.05, 3.63) is 29.3 Å². The number of aliphatic hydroxyl groups excluding tert-OH is 1. The van der Waals surface area contributed by atoms with Gasteiger partial charge >= 0.3 is 11.8 Å². The molecule has 0 bridgehead atoms. The van der Waals surface area contributed by atoms with Gasteiger partial charge in [0.05, 0.1) is 6.10 Å². The molecule has 0 aliphatic carbocycles. The lowest BCUT2D eigenvalue weighted by Gasteiger charge is -2.07. The SMILES string of the molecule is C[C@@H](O)CNC(=O)C(=O)Nc1cccc(Cl)c1. The number of aliphatic hydroxyl groups is 1. The van der Waals surface area contributed by atoms with E-state index < -0.39 is 17.9 Å². The van der Waals surface area contributed by atoms with E-state index in [0.29, 0.717) is 10.7 Å². The van der Waals surface area contributed by atoms with E-state index in [1.54, 1.807) is 18.2 Å². The van der Waals surface area contributed by atoms with Gasteiger partial charge in [0.25, 0.3) is 0 Å². The van der Waals surface area contributed by atoms with Crippen molar-refractivity contribution >= 4 is 29.1 Å². The van der Waals surface area contributed by atoms with Gasteiger partial charge in [-0.25, -0.2) is 0 Å². The van der Waals surface area contributed by atoms with E-state index in [9.17, 15) is 9.59 Å². The summed E-state index contributed by atoms with van der Waals surface area (Å²) < 4.78 is 0. The van der Waals surface area contributed by atoms with Crippen LogP contribution in [0, 0.1) is 0 Å². The maximum atomic E-state index is 11.4. The molecule has 0 saturated carbocycles. The number of carbonyl (C=O) groups is 2. The van der Waals surface area contributed by atoms with Crippen molar-refractivity contribution in [2.45, 2.75) is 13.0 Å². The van der Waals surface area contributed by atoms with Crippen LogP contribution in [0.3, 0.4) is 0 Å². The third-order valence-electron chi connectivity index (χ3n) is 1.85. The average molecular weight is 257 g/mol. The zero-order valence-electron chi connectivity index (χ0n) is 9.24. The first-order valence-electron chi connectivity index (χ1n) is 5.02. The highest BCUT2D eigenvalue weighted by Crippen LogP contribution is 2.14. The lowest BCUT2D eigenvalue weighted by atomic mass is 10.3. The van der Waals surface area contributed by atoms with Gasteiger partial charge in [-0.3, -0.25) is 9.59 Å². The summed E-state index contributed by atoms with van der Waals surface area (Å²) in [7, 11) is 0. The van der Waals surface area contributed by atoms with Crippen molar-refractivity contribution in [2.24, 2.45) is 0 Å². The van der Waals surface area contributed by atoms with E-state index >= 15 is 0 Å². The molecule has 0 saturated heterocycles. The number of rotatable bonds is 3. The number of amides is 2. The molecule has 5 nitrogen and oxygen atoms in total. The molecule has 1 atom stereocenters. The molecule has 0 radical (unpaired) electrons. The average Bonchev–Trinajstić information content (AvgIpc) is 2.25. The Kier molecular flexibility index (Phi) is 4.93. The molecule has 0 heterocycles. The standard InChI is InChI=1S/C11H13ClN2O3/c1-7(15)6-13-10(16)11(17)14-9-4-2-3-8(12)5-9/h2-5,7,15H,6H2,1H3,(H,13,16)(H,14,17)/t7-/m1/s1. The smallest absolute Gasteiger partial charge is 0.313 e. The molecule has 0 unspecified atom stereocenters. The topological polar surface area (TPSA) is 78.4 Å². The minimum Gasteiger partial charge on any atom is -0.392 e. The Balaban J connectivity index is 2.51. The first-order chi connectivity index (χ1) is 7.99. The fourth-order valence-corrected chi connectivity index (χ4v) is 1.27. The molecular weight excluding hydrogens is 244 g/mol. The van der Waals surface area contributed by atoms with Crippen LogP contribution in [-0.2, 0) is 9.59 Å². The minimum absolute atomic E-state index is 0.0296. The maximum absolute atomic E-state index is 11.4. The second-order valence-corrected chi connectivity index (χ2v) is 3.96. The van der Waals surface area contributed by atoms with E-state index in [1.165, 1.54) is 13.0 Å². The van der Waals surface area contributed by atoms with Crippen molar-refractivity contribution in [3.8, 4) is 0 Å². The monoisotopic (exact) mass is 256 g/mol. The number of hydrogen-bond donors (Lipinski definition) is 3. The largest absolute Gasteiger partial charge is 0.392 e. The molecule has 1 rings (SSSR count). The molecular formula is C11H13ClN2O3. The van der Waals surface area contributed by atoms with Crippen LogP contribution in [0.4, 0.5) is 5.69 Å². The molecule has 17 heavy (non-hydrogen) atoms. The van der Waals surface area contributed by atoms with Crippen molar-refractivity contribution in [3.63, 3.8) is 0 Å². The zero-order valence-corrected chi connectivity index (χ0v) is 9.99. The highest BCUT2D eigenvalue weighted by atomic mass is 35.5. The molecule has 6 heteroatoms. The van der Waals surface area contributed by atoms with E-state index in [0.717, 1.165) is 0 Å². The van der Waals surface area contributed by atoms with E-state index in [-0.39, 0.29) is 6.54 Å². The predicted molar refractivity (Wildman–Crippen MR) is 64.8 cm³/mol. The molecule has 1 aromatic rings. The third kappa shape index (κ3) is 4.84. The second kappa shape index (κ2) is 6.22. The number of hydrogen-bond acceptors (Lipinski definition) is 3. The van der Waals surface area contributed by atoms with Crippen molar-refractivity contribution in [1.82, 2.24) is 5.32 Å². The molecule has 2 amide bonds. The Hall–Kier alpha value is -1.59. The maximum Gasteiger partial charge on any atom is 0.313 e. The van der Waals surface area contributed by atoms with Crippen molar-refractivity contribution in [2.75, 3.05) is 11.9 Å². The van der Waals surface area contributed by atoms with Crippen LogP contribution in [0.5, 0.6) is 0 Å². The Morgan fingerprint density at radius 1 is 1.41 bits per heavy atom. The number of nitrogens with one attached hydrogen (secondary N) is 2. The molecule has 0 aromatic heterocycles. The van der Waals surface area contributed by atoms with Crippen LogP contribution in [0.25, 0.3) is 0 Å². The van der Waals surface area contributed by atoms with Gasteiger partial charge in [0.1, 0.15) is 0 Å². The van der Waals surface area contributed by atoms with E-state index in [1.807, 2.05) is 0 Å². The van der Waals surface area contributed by atoms with Gasteiger partial charge in [-0.15, -0.1) is 0 Å². The van der Waals surface area contributed by atoms with Crippen LogP contribution in [-0.4, -0.2) is 29.6 Å². The van der Waals surface area contributed by atoms with Gasteiger partial charge in [0.15, 0.2) is 0 Å². The van der Waals surface area contributed by atoms with Gasteiger partial charge in [-0.05, 0) is 25.1 Å². The highest BCUT2D eigenvalue weighted by molar-refractivity contribution is 6.39. The molecule has 1 aromatic carbocycles. The molecule has 0 fully saturated rings. The van der Waals surface area contributed by atoms with Crippen LogP contribution in [0.1, 0.15) is 6.92 Å². The zero-order chi connectivity index (χ0) is 12.8. The summed E-state index contributed by atoms with van der Waals surface area (Å²) in [6.07, 6.45) is -0.696. The fourth-order valence-electron chi connectivity index (χ4n) is 1.07. The molecule has 0 spiro atoms. The Labute approximate surface area is 104 Å². The molecule has 0 aliphatic rings. The number of halogens is 1. The quantitative estimate of drug-likeness (QED) is 0.699. The molecule has 0 aliphatic heterocycles. The van der Waals surface area contributed by atoms with Crippen molar-refractivity contribution in [1.29, 1.82) is 0 Å². The number of carbonyl (C=O) groups excluding carboxylic acids is 2. The fraction of sp³-hybridized carbons (Fsp3) is 0.273. The lowest BCUT2D eigenvalue weighted by molar-refractivity contribution is -0.136. The summed E-state index contributed by atoms with van der Waals surface area (Å²) in [5.74, 6) is -1.60. The Morgan fingerprint density at radius 2 is 2.12 bits per heavy atom. The van der Waals surface area contributed by atoms with E-state index in [2.05, 4.69) is 10.6 Å². The minimum atomic E-state index is -0.800. The summed E-state index contributed by atoms with van der Waals surface area (Å²) in [5.41, 5.74) is 0.440. The van der Waals surface area contributed by atoms with Gasteiger partial charge in [0, 0.05) is 17.3 Å². The Morgan fingerprint density at radius 3 is 2.71 bits per heavy atom. The van der Waals surface area contributed by atoms with Crippen molar-refractivity contribution < 1.29 is 14.7 Å².